The molecule has 0 fully saturated rings. The number of benzene rings is 2. The van der Waals surface area contributed by atoms with E-state index in [1.807, 2.05) is 6.07 Å². The van der Waals surface area contributed by atoms with E-state index in [9.17, 15) is 9.59 Å². The molecule has 1 heterocycles. The fourth-order valence-corrected chi connectivity index (χ4v) is 2.29. The fourth-order valence-electron chi connectivity index (χ4n) is 2.29. The lowest BCUT2D eigenvalue weighted by molar-refractivity contribution is 0.0845. The van der Waals surface area contributed by atoms with E-state index >= 15 is 0 Å². The highest BCUT2D eigenvalue weighted by Crippen LogP contribution is 2.31. The SMILES string of the molecule is NCNc1ccc2c3c(cccc13)C(=O)NC2=O. The Bertz CT molecular complexity index is 659. The zero-order chi connectivity index (χ0) is 12.7. The molecular weight excluding hydrogens is 230 g/mol. The molecule has 2 aromatic rings. The van der Waals surface area contributed by atoms with Crippen molar-refractivity contribution in [2.45, 2.75) is 0 Å². The predicted molar refractivity (Wildman–Crippen MR) is 68.4 cm³/mol. The molecule has 0 saturated carbocycles. The smallest absolute Gasteiger partial charge is 0.258 e. The molecule has 90 valence electrons. The Balaban J connectivity index is 2.41. The minimum Gasteiger partial charge on any atom is -0.372 e. The minimum atomic E-state index is -0.358. The van der Waals surface area contributed by atoms with E-state index in [4.69, 9.17) is 5.73 Å². The first-order valence-electron chi connectivity index (χ1n) is 5.57. The third-order valence-corrected chi connectivity index (χ3v) is 3.05. The summed E-state index contributed by atoms with van der Waals surface area (Å²) in [7, 11) is 0. The zero-order valence-corrected chi connectivity index (χ0v) is 9.49. The van der Waals surface area contributed by atoms with Crippen molar-refractivity contribution in [3.63, 3.8) is 0 Å². The number of nitrogens with one attached hydrogen (secondary N) is 2. The van der Waals surface area contributed by atoms with Crippen LogP contribution in [0, 0.1) is 0 Å². The molecule has 0 atom stereocenters. The maximum absolute atomic E-state index is 11.8. The third-order valence-electron chi connectivity index (χ3n) is 3.05. The van der Waals surface area contributed by atoms with Crippen LogP contribution in [0.4, 0.5) is 5.69 Å². The highest BCUT2D eigenvalue weighted by Gasteiger charge is 2.25. The van der Waals surface area contributed by atoms with Crippen molar-refractivity contribution in [2.75, 3.05) is 12.0 Å². The quantitative estimate of drug-likeness (QED) is 0.542. The molecule has 5 nitrogen and oxygen atoms in total. The molecule has 5 heteroatoms. The van der Waals surface area contributed by atoms with Crippen LogP contribution in [0.15, 0.2) is 30.3 Å². The van der Waals surface area contributed by atoms with Crippen molar-refractivity contribution in [1.29, 1.82) is 0 Å². The van der Waals surface area contributed by atoms with Crippen molar-refractivity contribution in [2.24, 2.45) is 5.73 Å². The molecule has 0 saturated heterocycles. The normalized spacial score (nSPS) is 13.6. The van der Waals surface area contributed by atoms with Crippen molar-refractivity contribution < 1.29 is 9.59 Å². The van der Waals surface area contributed by atoms with Crippen LogP contribution in [0.3, 0.4) is 0 Å². The standard InChI is InChI=1S/C13H11N3O2/c14-6-15-10-5-4-9-11-7(10)2-1-3-8(11)12(17)16-13(9)18/h1-5,15H,6,14H2,(H,16,17,18). The van der Waals surface area contributed by atoms with Gasteiger partial charge in [-0.05, 0) is 18.2 Å². The van der Waals surface area contributed by atoms with E-state index in [1.54, 1.807) is 24.3 Å². The first-order chi connectivity index (χ1) is 8.72. The van der Waals surface area contributed by atoms with Crippen LogP contribution in [0.5, 0.6) is 0 Å². The molecule has 0 unspecified atom stereocenters. The molecule has 0 aromatic heterocycles. The Labute approximate surface area is 103 Å². The largest absolute Gasteiger partial charge is 0.372 e. The third kappa shape index (κ3) is 1.38. The van der Waals surface area contributed by atoms with Gasteiger partial charge in [-0.3, -0.25) is 14.9 Å². The molecule has 0 spiro atoms. The summed E-state index contributed by atoms with van der Waals surface area (Å²) in [6, 6.07) is 8.86. The molecule has 0 radical (unpaired) electrons. The first-order valence-corrected chi connectivity index (χ1v) is 5.57. The summed E-state index contributed by atoms with van der Waals surface area (Å²) in [5.41, 5.74) is 7.32. The summed E-state index contributed by atoms with van der Waals surface area (Å²) >= 11 is 0. The van der Waals surface area contributed by atoms with E-state index in [0.717, 1.165) is 11.1 Å². The topological polar surface area (TPSA) is 84.2 Å². The van der Waals surface area contributed by atoms with E-state index in [-0.39, 0.29) is 11.8 Å². The molecule has 0 aliphatic carbocycles. The Morgan fingerprint density at radius 2 is 1.78 bits per heavy atom. The van der Waals surface area contributed by atoms with E-state index in [0.29, 0.717) is 23.2 Å². The van der Waals surface area contributed by atoms with Gasteiger partial charge in [0.2, 0.25) is 0 Å². The second-order valence-electron chi connectivity index (χ2n) is 4.05. The van der Waals surface area contributed by atoms with Crippen LogP contribution in [-0.4, -0.2) is 18.5 Å². The van der Waals surface area contributed by atoms with Gasteiger partial charge in [-0.15, -0.1) is 0 Å². The molecule has 4 N–H and O–H groups in total. The first kappa shape index (κ1) is 10.7. The van der Waals surface area contributed by atoms with Crippen molar-refractivity contribution in [3.8, 4) is 0 Å². The summed E-state index contributed by atoms with van der Waals surface area (Å²) in [5, 5.41) is 6.86. The number of carbonyl (C=O) groups is 2. The van der Waals surface area contributed by atoms with E-state index in [2.05, 4.69) is 10.6 Å². The van der Waals surface area contributed by atoms with Crippen molar-refractivity contribution in [3.05, 3.63) is 41.5 Å². The maximum Gasteiger partial charge on any atom is 0.258 e. The lowest BCUT2D eigenvalue weighted by Gasteiger charge is -2.18. The number of hydrogen-bond acceptors (Lipinski definition) is 4. The Hall–Kier alpha value is -2.40. The second-order valence-corrected chi connectivity index (χ2v) is 4.05. The number of rotatable bonds is 2. The average molecular weight is 241 g/mol. The maximum atomic E-state index is 11.8. The highest BCUT2D eigenvalue weighted by molar-refractivity contribution is 6.26. The summed E-state index contributed by atoms with van der Waals surface area (Å²) in [5.74, 6) is -0.717. The number of amides is 2. The molecular formula is C13H11N3O2. The minimum absolute atomic E-state index is 0.290. The monoisotopic (exact) mass is 241 g/mol. The molecule has 1 aliphatic heterocycles. The van der Waals surface area contributed by atoms with E-state index in [1.165, 1.54) is 0 Å². The van der Waals surface area contributed by atoms with Gasteiger partial charge in [0, 0.05) is 27.6 Å². The Morgan fingerprint density at radius 3 is 2.50 bits per heavy atom. The number of hydrogen-bond donors (Lipinski definition) is 3. The molecule has 18 heavy (non-hydrogen) atoms. The van der Waals surface area contributed by atoms with Gasteiger partial charge in [-0.25, -0.2) is 0 Å². The van der Waals surface area contributed by atoms with Gasteiger partial charge in [0.25, 0.3) is 11.8 Å². The second kappa shape index (κ2) is 3.82. The predicted octanol–water partition coefficient (Wildman–Crippen LogP) is 1.05. The fraction of sp³-hybridized carbons (Fsp3) is 0.0769. The lowest BCUT2D eigenvalue weighted by Crippen LogP contribution is -2.34. The van der Waals surface area contributed by atoms with Crippen LogP contribution in [-0.2, 0) is 0 Å². The van der Waals surface area contributed by atoms with Crippen LogP contribution in [0.2, 0.25) is 0 Å². The number of nitrogens with two attached hydrogens (primary N) is 1. The summed E-state index contributed by atoms with van der Waals surface area (Å²) in [4.78, 5) is 23.5. The summed E-state index contributed by atoms with van der Waals surface area (Å²) in [6.07, 6.45) is 0. The van der Waals surface area contributed by atoms with Gasteiger partial charge < -0.3 is 11.1 Å². The Kier molecular flexibility index (Phi) is 2.28. The lowest BCUT2D eigenvalue weighted by atomic mass is 9.94. The number of imide groups is 1. The van der Waals surface area contributed by atoms with E-state index < -0.39 is 0 Å². The molecule has 0 bridgehead atoms. The van der Waals surface area contributed by atoms with Crippen molar-refractivity contribution >= 4 is 28.3 Å². The zero-order valence-electron chi connectivity index (χ0n) is 9.49. The highest BCUT2D eigenvalue weighted by atomic mass is 16.2. The summed E-state index contributed by atoms with van der Waals surface area (Å²) in [6.45, 7) is 0.290. The Morgan fingerprint density at radius 1 is 1.06 bits per heavy atom. The molecule has 3 rings (SSSR count). The number of carbonyl (C=O) groups excluding carboxylic acids is 2. The van der Waals surface area contributed by atoms with Crippen LogP contribution in [0.25, 0.3) is 10.8 Å². The molecule has 2 aromatic carbocycles. The molecule has 2 amide bonds. The van der Waals surface area contributed by atoms with Crippen molar-refractivity contribution in [1.82, 2.24) is 5.32 Å². The van der Waals surface area contributed by atoms with Crippen LogP contribution >= 0.6 is 0 Å². The van der Waals surface area contributed by atoms with Gasteiger partial charge in [-0.1, -0.05) is 12.1 Å². The summed E-state index contributed by atoms with van der Waals surface area (Å²) < 4.78 is 0. The van der Waals surface area contributed by atoms with Gasteiger partial charge in [0.1, 0.15) is 0 Å². The molecule has 1 aliphatic rings. The van der Waals surface area contributed by atoms with Gasteiger partial charge in [0.15, 0.2) is 0 Å². The average Bonchev–Trinajstić information content (AvgIpc) is 2.37. The van der Waals surface area contributed by atoms with Crippen LogP contribution in [0.1, 0.15) is 20.7 Å². The van der Waals surface area contributed by atoms with Gasteiger partial charge >= 0.3 is 0 Å². The van der Waals surface area contributed by atoms with Gasteiger partial charge in [0.05, 0.1) is 6.67 Å². The van der Waals surface area contributed by atoms with Crippen LogP contribution < -0.4 is 16.4 Å². The van der Waals surface area contributed by atoms with Gasteiger partial charge in [-0.2, -0.15) is 0 Å². The number of anilines is 1.